The molecule has 1 saturated carbocycles. The van der Waals surface area contributed by atoms with Crippen LogP contribution in [-0.2, 0) is 24.0 Å². The van der Waals surface area contributed by atoms with Crippen LogP contribution < -0.4 is 16.0 Å². The highest BCUT2D eigenvalue weighted by atomic mass is 32.1. The first kappa shape index (κ1) is 35.9. The zero-order valence-corrected chi connectivity index (χ0v) is 28.0. The van der Waals surface area contributed by atoms with Crippen LogP contribution in [0.1, 0.15) is 83.0 Å². The summed E-state index contributed by atoms with van der Waals surface area (Å²) in [5.74, 6) is -3.32. The molecule has 2 aliphatic rings. The smallest absolute Gasteiger partial charge is 0.303 e. The Morgan fingerprint density at radius 1 is 1.11 bits per heavy atom. The van der Waals surface area contributed by atoms with Crippen LogP contribution in [0.5, 0.6) is 0 Å². The fourth-order valence-electron chi connectivity index (χ4n) is 5.57. The third-order valence-corrected chi connectivity index (χ3v) is 9.49. The molecule has 0 unspecified atom stereocenters. The fourth-order valence-corrected chi connectivity index (χ4v) is 6.38. The molecule has 0 bridgehead atoms. The Hall–Kier alpha value is -3.91. The van der Waals surface area contributed by atoms with Crippen molar-refractivity contribution in [1.82, 2.24) is 25.8 Å². The van der Waals surface area contributed by atoms with E-state index in [0.29, 0.717) is 18.4 Å². The van der Waals surface area contributed by atoms with E-state index in [2.05, 4.69) is 20.9 Å². The van der Waals surface area contributed by atoms with Crippen molar-refractivity contribution in [3.63, 3.8) is 0 Å². The molecule has 1 aliphatic carbocycles. The van der Waals surface area contributed by atoms with Gasteiger partial charge in [0.15, 0.2) is 5.67 Å². The Morgan fingerprint density at radius 2 is 1.79 bits per heavy atom. The number of aromatic nitrogens is 1. The van der Waals surface area contributed by atoms with Crippen molar-refractivity contribution in [2.24, 2.45) is 5.41 Å². The Kier molecular flexibility index (Phi) is 11.4. The SMILES string of the molecule is Cc1ncsc1-c1ccc([C@H](CC(=O)NCCCCC(=O)O)NC(=O)[C@@H]2C[C@@H](O)CN2C(=O)[C@@H](NC(=O)C2(F)CC2)C(C)(C)C)cc1. The Labute approximate surface area is 277 Å². The van der Waals surface area contributed by atoms with Gasteiger partial charge in [-0.1, -0.05) is 45.0 Å². The molecule has 47 heavy (non-hydrogen) atoms. The number of aryl methyl sites for hydroxylation is 1. The summed E-state index contributed by atoms with van der Waals surface area (Å²) in [6, 6.07) is 4.33. The number of rotatable bonds is 14. The van der Waals surface area contributed by atoms with Gasteiger partial charge in [-0.25, -0.2) is 9.37 Å². The highest BCUT2D eigenvalue weighted by Crippen LogP contribution is 2.40. The molecular formula is C33H44FN5O7S. The molecule has 1 aliphatic heterocycles. The number of carbonyl (C=O) groups excluding carboxylic acids is 4. The van der Waals surface area contributed by atoms with Crippen LogP contribution in [0, 0.1) is 12.3 Å². The normalized spacial score (nSPS) is 19.8. The van der Waals surface area contributed by atoms with E-state index in [9.17, 15) is 33.5 Å². The van der Waals surface area contributed by atoms with Crippen LogP contribution in [0.4, 0.5) is 4.39 Å². The first-order valence-electron chi connectivity index (χ1n) is 15.9. The van der Waals surface area contributed by atoms with Crippen molar-refractivity contribution in [3.8, 4) is 10.4 Å². The molecule has 2 aromatic rings. The number of benzene rings is 1. The predicted octanol–water partition coefficient (Wildman–Crippen LogP) is 3.03. The number of aliphatic hydroxyl groups excluding tert-OH is 1. The van der Waals surface area contributed by atoms with Gasteiger partial charge in [-0.15, -0.1) is 11.3 Å². The molecule has 2 fully saturated rings. The van der Waals surface area contributed by atoms with Crippen LogP contribution in [0.3, 0.4) is 0 Å². The third kappa shape index (κ3) is 9.34. The number of carbonyl (C=O) groups is 5. The number of nitrogens with zero attached hydrogens (tertiary/aromatic N) is 2. The molecule has 0 spiro atoms. The number of amides is 4. The summed E-state index contributed by atoms with van der Waals surface area (Å²) in [6.45, 7) is 7.21. The van der Waals surface area contributed by atoms with Gasteiger partial charge in [0.05, 0.1) is 34.6 Å². The van der Waals surface area contributed by atoms with E-state index in [1.165, 1.54) is 16.2 Å². The number of aliphatic carboxylic acids is 1. The minimum Gasteiger partial charge on any atom is -0.481 e. The predicted molar refractivity (Wildman–Crippen MR) is 173 cm³/mol. The standard InChI is InChI=1S/C33H44FN5O7S/c1-19-27(47-18-36-19)21-10-8-20(9-11-21)23(16-25(41)35-14-6-5-7-26(42)43)37-29(44)24-15-22(40)17-39(24)30(45)28(32(2,3)4)38-31(46)33(34)12-13-33/h8-11,18,22-24,28,40H,5-7,12-17H2,1-4H3,(H,35,41)(H,37,44)(H,38,46)(H,42,43)/t22-,23+,24+,28-/m1/s1. The number of thiazole rings is 1. The largest absolute Gasteiger partial charge is 0.481 e. The van der Waals surface area contributed by atoms with E-state index in [4.69, 9.17) is 5.11 Å². The van der Waals surface area contributed by atoms with E-state index in [-0.39, 0.29) is 51.1 Å². The van der Waals surface area contributed by atoms with Crippen LogP contribution >= 0.6 is 11.3 Å². The first-order chi connectivity index (χ1) is 22.1. The molecule has 4 amide bonds. The highest BCUT2D eigenvalue weighted by Gasteiger charge is 2.53. The van der Waals surface area contributed by atoms with Gasteiger partial charge in [-0.05, 0) is 49.1 Å². The van der Waals surface area contributed by atoms with Crippen LogP contribution in [0.25, 0.3) is 10.4 Å². The summed E-state index contributed by atoms with van der Waals surface area (Å²) in [6.07, 6.45) is -0.144. The maximum atomic E-state index is 14.5. The molecule has 1 aromatic heterocycles. The lowest BCUT2D eigenvalue weighted by molar-refractivity contribution is -0.145. The second kappa shape index (κ2) is 14.9. The van der Waals surface area contributed by atoms with Crippen molar-refractivity contribution < 1.29 is 38.6 Å². The van der Waals surface area contributed by atoms with Crippen LogP contribution in [0.15, 0.2) is 29.8 Å². The number of likely N-dealkylation sites (tertiary alicyclic amines) is 1. The second-order valence-corrected chi connectivity index (χ2v) is 14.3. The number of alkyl halides is 1. The second-order valence-electron chi connectivity index (χ2n) is 13.5. The number of carboxylic acids is 1. The molecule has 1 saturated heterocycles. The molecule has 0 radical (unpaired) electrons. The Bertz CT molecular complexity index is 1470. The lowest BCUT2D eigenvalue weighted by atomic mass is 9.85. The van der Waals surface area contributed by atoms with E-state index in [0.717, 1.165) is 16.1 Å². The van der Waals surface area contributed by atoms with Gasteiger partial charge in [0, 0.05) is 25.9 Å². The Morgan fingerprint density at radius 3 is 2.36 bits per heavy atom. The minimum atomic E-state index is -2.00. The van der Waals surface area contributed by atoms with Gasteiger partial charge in [0.2, 0.25) is 17.7 Å². The van der Waals surface area contributed by atoms with Gasteiger partial charge in [-0.2, -0.15) is 0 Å². The highest BCUT2D eigenvalue weighted by molar-refractivity contribution is 7.13. The van der Waals surface area contributed by atoms with Gasteiger partial charge < -0.3 is 31.1 Å². The lowest BCUT2D eigenvalue weighted by Gasteiger charge is -2.36. The molecule has 4 rings (SSSR count). The van der Waals surface area contributed by atoms with Crippen LogP contribution in [-0.4, -0.2) is 86.6 Å². The number of nitrogens with one attached hydrogen (secondary N) is 3. The quantitative estimate of drug-likeness (QED) is 0.190. The van der Waals surface area contributed by atoms with E-state index < -0.39 is 59.0 Å². The van der Waals surface area contributed by atoms with Crippen molar-refractivity contribution in [3.05, 3.63) is 41.0 Å². The average Bonchev–Trinajstić information content (AvgIpc) is 3.41. The molecule has 1 aromatic carbocycles. The molecule has 14 heteroatoms. The van der Waals surface area contributed by atoms with Gasteiger partial charge in [-0.3, -0.25) is 24.0 Å². The van der Waals surface area contributed by atoms with Crippen molar-refractivity contribution in [2.75, 3.05) is 13.1 Å². The van der Waals surface area contributed by atoms with Crippen molar-refractivity contribution >= 4 is 40.9 Å². The summed E-state index contributed by atoms with van der Waals surface area (Å²) in [4.78, 5) is 70.6. The summed E-state index contributed by atoms with van der Waals surface area (Å²) in [5.41, 5.74) is 1.37. The van der Waals surface area contributed by atoms with Crippen molar-refractivity contribution in [2.45, 2.75) is 103 Å². The van der Waals surface area contributed by atoms with E-state index in [1.807, 2.05) is 31.2 Å². The maximum absolute atomic E-state index is 14.5. The van der Waals surface area contributed by atoms with E-state index in [1.54, 1.807) is 26.3 Å². The third-order valence-electron chi connectivity index (χ3n) is 8.52. The summed E-state index contributed by atoms with van der Waals surface area (Å²) in [7, 11) is 0. The number of aliphatic hydroxyl groups is 1. The number of carboxylic acid groups (broad SMARTS) is 1. The fraction of sp³-hybridized carbons (Fsp3) is 0.576. The first-order valence-corrected chi connectivity index (χ1v) is 16.7. The average molecular weight is 674 g/mol. The number of unbranched alkanes of at least 4 members (excludes halogenated alkanes) is 1. The zero-order chi connectivity index (χ0) is 34.5. The molecule has 256 valence electrons. The summed E-state index contributed by atoms with van der Waals surface area (Å²) in [5, 5.41) is 27.6. The number of halogens is 1. The van der Waals surface area contributed by atoms with E-state index >= 15 is 0 Å². The summed E-state index contributed by atoms with van der Waals surface area (Å²) >= 11 is 1.50. The maximum Gasteiger partial charge on any atom is 0.303 e. The lowest BCUT2D eigenvalue weighted by Crippen LogP contribution is -2.59. The molecule has 2 heterocycles. The van der Waals surface area contributed by atoms with Gasteiger partial charge in [0.1, 0.15) is 12.1 Å². The topological polar surface area (TPSA) is 178 Å². The number of hydrogen-bond donors (Lipinski definition) is 5. The minimum absolute atomic E-state index is 0.00298. The molecular weight excluding hydrogens is 629 g/mol. The van der Waals surface area contributed by atoms with Crippen molar-refractivity contribution in [1.29, 1.82) is 0 Å². The summed E-state index contributed by atoms with van der Waals surface area (Å²) < 4.78 is 14.5. The molecule has 4 atom stereocenters. The Balaban J connectivity index is 1.52. The van der Waals surface area contributed by atoms with Gasteiger partial charge in [0.25, 0.3) is 5.91 Å². The number of hydrogen-bond acceptors (Lipinski definition) is 8. The molecule has 12 nitrogen and oxygen atoms in total. The van der Waals surface area contributed by atoms with Crippen LogP contribution in [0.2, 0.25) is 0 Å². The zero-order valence-electron chi connectivity index (χ0n) is 27.2. The number of β-amino-alcohol motifs (C(OH)–C–C–N with tert-alkyl or cyclic N) is 1. The molecule has 5 N–H and O–H groups in total. The monoisotopic (exact) mass is 673 g/mol. The van der Waals surface area contributed by atoms with Gasteiger partial charge >= 0.3 is 5.97 Å².